The van der Waals surface area contributed by atoms with Gasteiger partial charge in [-0.3, -0.25) is 24.0 Å². The maximum absolute atomic E-state index is 13.6. The van der Waals surface area contributed by atoms with Crippen LogP contribution in [0.4, 0.5) is 0 Å². The molecule has 0 bridgehead atoms. The molecule has 0 saturated heterocycles. The van der Waals surface area contributed by atoms with Crippen LogP contribution >= 0.6 is 11.6 Å². The number of rotatable bonds is 4. The topological polar surface area (TPSA) is 164 Å². The number of amides is 1. The third-order valence-electron chi connectivity index (χ3n) is 7.40. The zero-order valence-electron chi connectivity index (χ0n) is 19.8. The molecule has 0 aromatic heterocycles. The van der Waals surface area contributed by atoms with Crippen LogP contribution in [-0.2, 0) is 32.1 Å². The number of halogens is 1. The predicted octanol–water partition coefficient (Wildman–Crippen LogP) is 1.12. The van der Waals surface area contributed by atoms with Gasteiger partial charge < -0.3 is 21.3 Å². The van der Waals surface area contributed by atoms with Crippen LogP contribution < -0.4 is 11.1 Å². The van der Waals surface area contributed by atoms with E-state index in [1.165, 1.54) is 0 Å². The van der Waals surface area contributed by atoms with Gasteiger partial charge in [0.25, 0.3) is 0 Å². The Labute approximate surface area is 207 Å². The zero-order chi connectivity index (χ0) is 26.0. The number of carbonyl (C=O) groups excluding carboxylic acids is 5. The molecule has 5 N–H and O–H groups in total. The van der Waals surface area contributed by atoms with Crippen molar-refractivity contribution >= 4 is 40.6 Å². The van der Waals surface area contributed by atoms with Crippen molar-refractivity contribution in [2.45, 2.75) is 52.2 Å². The van der Waals surface area contributed by atoms with Crippen LogP contribution in [0.2, 0.25) is 5.02 Å². The highest BCUT2D eigenvalue weighted by molar-refractivity contribution is 6.34. The number of phenols is 1. The number of hydrogen-bond acceptors (Lipinski definition) is 8. The van der Waals surface area contributed by atoms with E-state index in [1.807, 2.05) is 20.8 Å². The van der Waals surface area contributed by atoms with Gasteiger partial charge in [-0.15, -0.1) is 0 Å². The molecule has 4 rings (SSSR count). The molecule has 3 unspecified atom stereocenters. The summed E-state index contributed by atoms with van der Waals surface area (Å²) >= 11 is 6.50. The lowest BCUT2D eigenvalue weighted by Gasteiger charge is -2.48. The number of carbonyl (C=O) groups is 5. The first-order valence-corrected chi connectivity index (χ1v) is 12.0. The molecular weight excluding hydrogens is 476 g/mol. The van der Waals surface area contributed by atoms with Gasteiger partial charge in [0.15, 0.2) is 34.7 Å². The third kappa shape index (κ3) is 3.99. The largest absolute Gasteiger partial charge is 0.507 e. The second-order valence-corrected chi connectivity index (χ2v) is 11.5. The molecular formula is C25H29ClN2O7. The van der Waals surface area contributed by atoms with E-state index in [2.05, 4.69) is 5.32 Å². The molecule has 3 aliphatic carbocycles. The van der Waals surface area contributed by atoms with Crippen molar-refractivity contribution in [2.75, 3.05) is 6.54 Å². The molecule has 5 atom stereocenters. The Morgan fingerprint density at radius 2 is 1.86 bits per heavy atom. The summed E-state index contributed by atoms with van der Waals surface area (Å²) in [4.78, 5) is 64.1. The van der Waals surface area contributed by atoms with Crippen LogP contribution in [0.1, 0.15) is 55.1 Å². The van der Waals surface area contributed by atoms with Crippen molar-refractivity contribution in [1.29, 1.82) is 0 Å². The van der Waals surface area contributed by atoms with Gasteiger partial charge in [0.2, 0.25) is 5.91 Å². The van der Waals surface area contributed by atoms with Crippen LogP contribution in [0.15, 0.2) is 6.07 Å². The Morgan fingerprint density at radius 3 is 2.46 bits per heavy atom. The first-order valence-electron chi connectivity index (χ1n) is 11.6. The zero-order valence-corrected chi connectivity index (χ0v) is 20.6. The van der Waals surface area contributed by atoms with E-state index < -0.39 is 58.3 Å². The lowest BCUT2D eigenvalue weighted by atomic mass is 9.54. The van der Waals surface area contributed by atoms with Crippen LogP contribution in [0, 0.1) is 29.1 Å². The standard InChI is InChI=1S/C25H29ClN2O7/c1-24(2,3)9-28-8-11-6-14(26)13-5-10-4-12-7-15(29)18(23(27)34)22(33)25(12,35)21(32)16(10)20(31)17(13)19(11)30/h6,10,12,16,18,28,30,35H,4-5,7-9H2,1-3H3,(H2,27,34)/t10?,12-,16?,18?,25-/m0/s1. The predicted molar refractivity (Wildman–Crippen MR) is 125 cm³/mol. The Bertz CT molecular complexity index is 1170. The molecule has 2 saturated carbocycles. The van der Waals surface area contributed by atoms with E-state index in [9.17, 15) is 34.2 Å². The molecule has 0 radical (unpaired) electrons. The number of aliphatic hydroxyl groups is 1. The van der Waals surface area contributed by atoms with Crippen LogP contribution in [0.25, 0.3) is 0 Å². The minimum absolute atomic E-state index is 0.0200. The maximum atomic E-state index is 13.6. The first-order chi connectivity index (χ1) is 16.2. The number of benzene rings is 1. The molecule has 1 amide bonds. The summed E-state index contributed by atoms with van der Waals surface area (Å²) in [7, 11) is 0. The Balaban J connectivity index is 1.72. The average molecular weight is 505 g/mol. The van der Waals surface area contributed by atoms with Crippen molar-refractivity contribution in [1.82, 2.24) is 5.32 Å². The van der Waals surface area contributed by atoms with Gasteiger partial charge in [0.1, 0.15) is 5.75 Å². The van der Waals surface area contributed by atoms with Gasteiger partial charge in [0.05, 0.1) is 11.5 Å². The number of aromatic hydroxyl groups is 1. The van der Waals surface area contributed by atoms with Crippen LogP contribution in [-0.4, -0.2) is 51.4 Å². The van der Waals surface area contributed by atoms with E-state index in [1.54, 1.807) is 6.07 Å². The molecule has 35 heavy (non-hydrogen) atoms. The monoisotopic (exact) mass is 504 g/mol. The van der Waals surface area contributed by atoms with Crippen LogP contribution in [0.3, 0.4) is 0 Å². The average Bonchev–Trinajstić information content (AvgIpc) is 2.73. The third-order valence-corrected chi connectivity index (χ3v) is 7.73. The molecule has 0 spiro atoms. The number of nitrogens with one attached hydrogen (secondary N) is 1. The number of fused-ring (bicyclic) bond motifs is 3. The smallest absolute Gasteiger partial charge is 0.235 e. The Morgan fingerprint density at radius 1 is 1.20 bits per heavy atom. The molecule has 0 aliphatic heterocycles. The fourth-order valence-electron chi connectivity index (χ4n) is 5.75. The molecule has 188 valence electrons. The minimum atomic E-state index is -2.66. The first kappa shape index (κ1) is 25.5. The van der Waals surface area contributed by atoms with E-state index in [-0.39, 0.29) is 47.6 Å². The molecule has 3 aliphatic rings. The lowest BCUT2D eigenvalue weighted by Crippen LogP contribution is -2.68. The molecule has 1 aromatic rings. The normalized spacial score (nSPS) is 30.5. The van der Waals surface area contributed by atoms with Crippen molar-refractivity contribution in [2.24, 2.45) is 34.8 Å². The highest BCUT2D eigenvalue weighted by Gasteiger charge is 2.66. The van der Waals surface area contributed by atoms with Gasteiger partial charge in [0, 0.05) is 36.0 Å². The summed E-state index contributed by atoms with van der Waals surface area (Å²) in [5, 5.41) is 25.7. The van der Waals surface area contributed by atoms with E-state index in [4.69, 9.17) is 17.3 Å². The van der Waals surface area contributed by atoms with Gasteiger partial charge >= 0.3 is 0 Å². The number of hydrogen-bond donors (Lipinski definition) is 4. The Kier molecular flexibility index (Phi) is 6.18. The second kappa shape index (κ2) is 8.50. The number of ketones is 4. The van der Waals surface area contributed by atoms with Gasteiger partial charge in [-0.05, 0) is 35.8 Å². The minimum Gasteiger partial charge on any atom is -0.507 e. The quantitative estimate of drug-likeness (QED) is 0.443. The molecule has 9 nitrogen and oxygen atoms in total. The lowest BCUT2D eigenvalue weighted by molar-refractivity contribution is -0.175. The number of nitrogens with two attached hydrogens (primary N) is 1. The number of Topliss-reactive ketones (excluding diaryl/α,β-unsaturated/α-hetero) is 4. The molecule has 1 aromatic carbocycles. The molecule has 10 heteroatoms. The highest BCUT2D eigenvalue weighted by Crippen LogP contribution is 2.51. The second-order valence-electron chi connectivity index (χ2n) is 11.1. The van der Waals surface area contributed by atoms with E-state index in [0.717, 1.165) is 0 Å². The van der Waals surface area contributed by atoms with Gasteiger partial charge in [-0.2, -0.15) is 0 Å². The number of phenolic OH excluding ortho intramolecular Hbond substituents is 1. The fourth-order valence-corrected chi connectivity index (χ4v) is 6.05. The summed E-state index contributed by atoms with van der Waals surface area (Å²) in [6, 6.07) is 1.59. The highest BCUT2D eigenvalue weighted by atomic mass is 35.5. The summed E-state index contributed by atoms with van der Waals surface area (Å²) < 4.78 is 0. The van der Waals surface area contributed by atoms with Gasteiger partial charge in [-0.25, -0.2) is 0 Å². The van der Waals surface area contributed by atoms with E-state index >= 15 is 0 Å². The molecule has 0 heterocycles. The summed E-state index contributed by atoms with van der Waals surface area (Å²) in [6.07, 6.45) is -0.177. The Hall–Kier alpha value is -2.62. The SMILES string of the molecule is CC(C)(C)CNCc1cc(Cl)c2c(c1O)C(=O)C1C(=O)[C@]3(O)C(=O)C(C(N)=O)C(=O)C[C@@H]3CC1C2. The summed E-state index contributed by atoms with van der Waals surface area (Å²) in [5.41, 5.74) is 3.21. The summed E-state index contributed by atoms with van der Waals surface area (Å²) in [5.74, 6) is -10.3. The van der Waals surface area contributed by atoms with Crippen molar-refractivity contribution in [3.05, 3.63) is 27.8 Å². The van der Waals surface area contributed by atoms with Crippen molar-refractivity contribution in [3.8, 4) is 5.75 Å². The number of primary amides is 1. The summed E-state index contributed by atoms with van der Waals surface area (Å²) in [6.45, 7) is 6.99. The van der Waals surface area contributed by atoms with Crippen molar-refractivity contribution < 1.29 is 34.2 Å². The van der Waals surface area contributed by atoms with Crippen LogP contribution in [0.5, 0.6) is 5.75 Å². The maximum Gasteiger partial charge on any atom is 0.235 e. The van der Waals surface area contributed by atoms with Gasteiger partial charge in [-0.1, -0.05) is 32.4 Å². The van der Waals surface area contributed by atoms with Crippen molar-refractivity contribution in [3.63, 3.8) is 0 Å². The fraction of sp³-hybridized carbons (Fsp3) is 0.560. The molecule has 2 fully saturated rings. The van der Waals surface area contributed by atoms with E-state index in [0.29, 0.717) is 17.7 Å².